The molecule has 3 heteroatoms. The van der Waals surface area contributed by atoms with E-state index in [-0.39, 0.29) is 17.6 Å². The van der Waals surface area contributed by atoms with Crippen LogP contribution in [0.1, 0.15) is 18.0 Å². The van der Waals surface area contributed by atoms with E-state index in [1.807, 2.05) is 0 Å². The minimum absolute atomic E-state index is 0.00120. The summed E-state index contributed by atoms with van der Waals surface area (Å²) < 4.78 is 12.8. The second-order valence-electron chi connectivity index (χ2n) is 3.04. The van der Waals surface area contributed by atoms with E-state index >= 15 is 0 Å². The van der Waals surface area contributed by atoms with E-state index in [1.165, 1.54) is 6.07 Å². The summed E-state index contributed by atoms with van der Waals surface area (Å²) in [5.74, 6) is -0.377. The van der Waals surface area contributed by atoms with Crippen molar-refractivity contribution in [1.29, 1.82) is 0 Å². The van der Waals surface area contributed by atoms with Crippen molar-refractivity contribution < 1.29 is 9.50 Å². The van der Waals surface area contributed by atoms with Crippen LogP contribution >= 0.6 is 0 Å². The standard InChI is InChI=1S/C9H10FNO/c10-7-3-6(4-8(12)5-7)9-1-2-11-9/h3-5,9,11-12H,1-2H2/t9-/m1/s1. The van der Waals surface area contributed by atoms with Crippen molar-refractivity contribution in [3.63, 3.8) is 0 Å². The molecule has 0 amide bonds. The quantitative estimate of drug-likeness (QED) is 0.665. The second kappa shape index (κ2) is 2.75. The molecule has 12 heavy (non-hydrogen) atoms. The molecule has 0 spiro atoms. The van der Waals surface area contributed by atoms with Gasteiger partial charge in [-0.2, -0.15) is 0 Å². The van der Waals surface area contributed by atoms with Crippen LogP contribution in [0, 0.1) is 5.82 Å². The molecule has 0 unspecified atom stereocenters. The van der Waals surface area contributed by atoms with Gasteiger partial charge >= 0.3 is 0 Å². The van der Waals surface area contributed by atoms with Crippen LogP contribution in [0.15, 0.2) is 18.2 Å². The zero-order valence-corrected chi connectivity index (χ0v) is 6.55. The monoisotopic (exact) mass is 167 g/mol. The molecule has 1 aliphatic heterocycles. The number of phenols is 1. The van der Waals surface area contributed by atoms with Gasteiger partial charge in [-0.3, -0.25) is 0 Å². The lowest BCUT2D eigenvalue weighted by molar-refractivity contribution is 0.379. The first-order chi connectivity index (χ1) is 5.75. The van der Waals surface area contributed by atoms with Crippen molar-refractivity contribution >= 4 is 0 Å². The van der Waals surface area contributed by atoms with Gasteiger partial charge in [-0.25, -0.2) is 4.39 Å². The Morgan fingerprint density at radius 2 is 2.17 bits per heavy atom. The molecule has 2 rings (SSSR count). The van der Waals surface area contributed by atoms with E-state index in [9.17, 15) is 4.39 Å². The molecule has 1 aromatic carbocycles. The number of rotatable bonds is 1. The summed E-state index contributed by atoms with van der Waals surface area (Å²) in [6.45, 7) is 0.974. The Labute approximate surface area is 70.0 Å². The van der Waals surface area contributed by atoms with Crippen molar-refractivity contribution in [3.05, 3.63) is 29.6 Å². The van der Waals surface area contributed by atoms with Gasteiger partial charge in [-0.15, -0.1) is 0 Å². The lowest BCUT2D eigenvalue weighted by atomic mass is 9.98. The number of phenolic OH excluding ortho intramolecular Hbond substituents is 1. The maximum Gasteiger partial charge on any atom is 0.127 e. The van der Waals surface area contributed by atoms with Gasteiger partial charge in [0.1, 0.15) is 11.6 Å². The smallest absolute Gasteiger partial charge is 0.127 e. The molecule has 1 atom stereocenters. The predicted octanol–water partition coefficient (Wildman–Crippen LogP) is 1.57. The summed E-state index contributed by atoms with van der Waals surface area (Å²) in [4.78, 5) is 0. The Bertz CT molecular complexity index is 276. The molecule has 1 fully saturated rings. The van der Waals surface area contributed by atoms with Gasteiger partial charge in [0.15, 0.2) is 0 Å². The summed E-state index contributed by atoms with van der Waals surface area (Å²) >= 11 is 0. The topological polar surface area (TPSA) is 32.3 Å². The molecule has 0 radical (unpaired) electrons. The lowest BCUT2D eigenvalue weighted by Crippen LogP contribution is -2.34. The normalized spacial score (nSPS) is 21.9. The number of hydrogen-bond donors (Lipinski definition) is 2. The van der Waals surface area contributed by atoms with E-state index in [1.54, 1.807) is 6.07 Å². The lowest BCUT2D eigenvalue weighted by Gasteiger charge is -2.28. The summed E-state index contributed by atoms with van der Waals surface area (Å²) in [5, 5.41) is 12.2. The Morgan fingerprint density at radius 1 is 1.42 bits per heavy atom. The highest BCUT2D eigenvalue weighted by atomic mass is 19.1. The van der Waals surface area contributed by atoms with E-state index in [0.717, 1.165) is 24.6 Å². The van der Waals surface area contributed by atoms with E-state index in [4.69, 9.17) is 5.11 Å². The zero-order valence-electron chi connectivity index (χ0n) is 6.55. The molecule has 0 bridgehead atoms. The third kappa shape index (κ3) is 1.28. The molecule has 1 saturated heterocycles. The average molecular weight is 167 g/mol. The number of hydrogen-bond acceptors (Lipinski definition) is 2. The Kier molecular flexibility index (Phi) is 1.73. The maximum atomic E-state index is 12.8. The summed E-state index contributed by atoms with van der Waals surface area (Å²) in [6.07, 6.45) is 1.02. The molecule has 1 heterocycles. The van der Waals surface area contributed by atoms with Crippen LogP contribution in [0.5, 0.6) is 5.75 Å². The number of nitrogens with one attached hydrogen (secondary N) is 1. The van der Waals surface area contributed by atoms with Crippen LogP contribution in [0.4, 0.5) is 4.39 Å². The highest BCUT2D eigenvalue weighted by Gasteiger charge is 2.19. The van der Waals surface area contributed by atoms with Crippen molar-refractivity contribution in [2.24, 2.45) is 0 Å². The first kappa shape index (κ1) is 7.55. The van der Waals surface area contributed by atoms with Crippen LogP contribution in [0.3, 0.4) is 0 Å². The fourth-order valence-corrected chi connectivity index (χ4v) is 1.37. The molecule has 64 valence electrons. The Balaban J connectivity index is 2.30. The summed E-state index contributed by atoms with van der Waals surface area (Å²) in [5.41, 5.74) is 0.832. The van der Waals surface area contributed by atoms with Crippen LogP contribution < -0.4 is 5.32 Å². The fourth-order valence-electron chi connectivity index (χ4n) is 1.37. The minimum atomic E-state index is -0.376. The molecule has 0 saturated carbocycles. The largest absolute Gasteiger partial charge is 0.508 e. The number of halogens is 1. The highest BCUT2D eigenvalue weighted by Crippen LogP contribution is 2.26. The highest BCUT2D eigenvalue weighted by molar-refractivity contribution is 5.31. The van der Waals surface area contributed by atoms with Gasteiger partial charge < -0.3 is 10.4 Å². The van der Waals surface area contributed by atoms with Crippen molar-refractivity contribution in [1.82, 2.24) is 5.32 Å². The third-order valence-corrected chi connectivity index (χ3v) is 2.13. The maximum absolute atomic E-state index is 12.8. The summed E-state index contributed by atoms with van der Waals surface area (Å²) in [6, 6.07) is 4.39. The van der Waals surface area contributed by atoms with Crippen molar-refractivity contribution in [2.45, 2.75) is 12.5 Å². The third-order valence-electron chi connectivity index (χ3n) is 2.13. The zero-order chi connectivity index (χ0) is 8.55. The van der Waals surface area contributed by atoms with E-state index in [0.29, 0.717) is 0 Å². The van der Waals surface area contributed by atoms with Crippen LogP contribution in [0.25, 0.3) is 0 Å². The van der Waals surface area contributed by atoms with Gasteiger partial charge in [-0.05, 0) is 30.7 Å². The first-order valence-corrected chi connectivity index (χ1v) is 3.98. The molecule has 0 aliphatic carbocycles. The SMILES string of the molecule is Oc1cc(F)cc([C@H]2CCN2)c1. The summed E-state index contributed by atoms with van der Waals surface area (Å²) in [7, 11) is 0. The average Bonchev–Trinajstić information content (AvgIpc) is 1.79. The van der Waals surface area contributed by atoms with Gasteiger partial charge in [0.25, 0.3) is 0 Å². The van der Waals surface area contributed by atoms with Gasteiger partial charge in [-0.1, -0.05) is 0 Å². The van der Waals surface area contributed by atoms with Crippen LogP contribution in [-0.4, -0.2) is 11.7 Å². The number of benzene rings is 1. The van der Waals surface area contributed by atoms with Gasteiger partial charge in [0.2, 0.25) is 0 Å². The van der Waals surface area contributed by atoms with Gasteiger partial charge in [0, 0.05) is 12.1 Å². The number of aromatic hydroxyl groups is 1. The van der Waals surface area contributed by atoms with Crippen molar-refractivity contribution in [2.75, 3.05) is 6.54 Å². The molecule has 1 aliphatic rings. The van der Waals surface area contributed by atoms with Gasteiger partial charge in [0.05, 0.1) is 0 Å². The first-order valence-electron chi connectivity index (χ1n) is 3.98. The molecule has 1 aromatic rings. The minimum Gasteiger partial charge on any atom is -0.508 e. The van der Waals surface area contributed by atoms with E-state index in [2.05, 4.69) is 5.32 Å². The fraction of sp³-hybridized carbons (Fsp3) is 0.333. The molecule has 2 N–H and O–H groups in total. The second-order valence-corrected chi connectivity index (χ2v) is 3.04. The van der Waals surface area contributed by atoms with Crippen LogP contribution in [0.2, 0.25) is 0 Å². The molecule has 0 aromatic heterocycles. The molecular weight excluding hydrogens is 157 g/mol. The Morgan fingerprint density at radius 3 is 2.67 bits per heavy atom. The van der Waals surface area contributed by atoms with Crippen molar-refractivity contribution in [3.8, 4) is 5.75 Å². The van der Waals surface area contributed by atoms with Crippen LogP contribution in [-0.2, 0) is 0 Å². The van der Waals surface area contributed by atoms with E-state index < -0.39 is 0 Å². The molecular formula is C9H10FNO. The Hall–Kier alpha value is -1.09. The predicted molar refractivity (Wildman–Crippen MR) is 43.4 cm³/mol. The molecule has 2 nitrogen and oxygen atoms in total.